The average Bonchev–Trinajstić information content (AvgIpc) is 2.37. The molecule has 0 atom stereocenters. The van der Waals surface area contributed by atoms with Gasteiger partial charge in [-0.2, -0.15) is 0 Å². The summed E-state index contributed by atoms with van der Waals surface area (Å²) in [6.45, 7) is 0. The van der Waals surface area contributed by atoms with E-state index in [1.807, 2.05) is 0 Å². The second kappa shape index (κ2) is 3.58. The highest BCUT2D eigenvalue weighted by Crippen LogP contribution is 1.98. The maximum Gasteiger partial charge on any atom is 0.260 e. The highest BCUT2D eigenvalue weighted by atomic mass is 16.3. The zero-order chi connectivity index (χ0) is 6.69. The van der Waals surface area contributed by atoms with Crippen molar-refractivity contribution in [3.05, 3.63) is 24.2 Å². The average molecular weight is 142 g/mol. The number of hydrogen-bond donors (Lipinski definition) is 0. The second-order valence-corrected chi connectivity index (χ2v) is 1.46. The van der Waals surface area contributed by atoms with Crippen molar-refractivity contribution >= 4 is 12.1 Å². The van der Waals surface area contributed by atoms with Crippen LogP contribution in [-0.2, 0) is 4.79 Å². The van der Waals surface area contributed by atoms with Gasteiger partial charge < -0.3 is 9.89 Å². The Bertz CT molecular complexity index is 212. The van der Waals surface area contributed by atoms with E-state index < -0.39 is 5.78 Å². The van der Waals surface area contributed by atoms with Gasteiger partial charge in [-0.25, -0.2) is 0 Å². The van der Waals surface area contributed by atoms with Gasteiger partial charge in [-0.3, -0.25) is 9.59 Å². The maximum absolute atomic E-state index is 10.4. The lowest BCUT2D eigenvalue weighted by molar-refractivity contribution is -0.104. The highest BCUT2D eigenvalue weighted by molar-refractivity contribution is 6.32. The van der Waals surface area contributed by atoms with Crippen molar-refractivity contribution in [3.63, 3.8) is 0 Å². The van der Waals surface area contributed by atoms with E-state index in [0.29, 0.717) is 0 Å². The third kappa shape index (κ3) is 1.53. The molecule has 1 heterocycles. The van der Waals surface area contributed by atoms with Crippen molar-refractivity contribution in [1.29, 1.82) is 0 Å². The van der Waals surface area contributed by atoms with Crippen LogP contribution in [0.4, 0.5) is 0 Å². The van der Waals surface area contributed by atoms with Gasteiger partial charge in [0, 0.05) is 0 Å². The molecule has 0 aliphatic carbocycles. The van der Waals surface area contributed by atoms with Crippen molar-refractivity contribution in [2.24, 2.45) is 0 Å². The maximum atomic E-state index is 10.4. The predicted molar refractivity (Wildman–Crippen MR) is 32.7 cm³/mol. The van der Waals surface area contributed by atoms with E-state index in [0.717, 1.165) is 0 Å². The van der Waals surface area contributed by atoms with Gasteiger partial charge in [0.15, 0.2) is 12.0 Å². The van der Waals surface area contributed by atoms with Gasteiger partial charge in [-0.05, 0) is 12.1 Å². The van der Waals surface area contributed by atoms with E-state index in [1.54, 1.807) is 6.07 Å². The number of aldehydes is 1. The summed E-state index contributed by atoms with van der Waals surface area (Å²) in [4.78, 5) is 20.2. The molecule has 10 heavy (non-hydrogen) atoms. The van der Waals surface area contributed by atoms with Crippen LogP contribution >= 0.6 is 0 Å². The fourth-order valence-electron chi connectivity index (χ4n) is 0.477. The Kier molecular flexibility index (Phi) is 3.07. The largest absolute Gasteiger partial charge is 0.461 e. The Morgan fingerprint density at radius 3 is 2.70 bits per heavy atom. The highest BCUT2D eigenvalue weighted by Gasteiger charge is 2.04. The molecule has 0 spiro atoms. The van der Waals surface area contributed by atoms with E-state index in [2.05, 4.69) is 4.42 Å². The molecule has 0 saturated carbocycles. The molecule has 4 heteroatoms. The summed E-state index contributed by atoms with van der Waals surface area (Å²) in [5, 5.41) is 0. The van der Waals surface area contributed by atoms with E-state index >= 15 is 0 Å². The molecular formula is C6H6O4. The van der Waals surface area contributed by atoms with E-state index in [1.165, 1.54) is 12.3 Å². The minimum atomic E-state index is -0.625. The number of hydrogen-bond acceptors (Lipinski definition) is 3. The summed E-state index contributed by atoms with van der Waals surface area (Å²) >= 11 is 0. The first-order valence-electron chi connectivity index (χ1n) is 2.37. The standard InChI is InChI=1S/C6H4O3.H2O/c7-4-5(8)6-2-1-3-9-6;/h1-4H;1H2. The molecule has 1 rings (SSSR count). The molecule has 0 aliphatic heterocycles. The van der Waals surface area contributed by atoms with E-state index in [4.69, 9.17) is 0 Å². The second-order valence-electron chi connectivity index (χ2n) is 1.46. The van der Waals surface area contributed by atoms with Crippen LogP contribution in [0.5, 0.6) is 0 Å². The van der Waals surface area contributed by atoms with Crippen molar-refractivity contribution in [2.45, 2.75) is 0 Å². The summed E-state index contributed by atoms with van der Waals surface area (Å²) in [6.07, 6.45) is 1.57. The zero-order valence-corrected chi connectivity index (χ0v) is 5.03. The van der Waals surface area contributed by atoms with Gasteiger partial charge in [0.25, 0.3) is 5.78 Å². The van der Waals surface area contributed by atoms with Gasteiger partial charge >= 0.3 is 0 Å². The Labute approximate surface area is 56.8 Å². The van der Waals surface area contributed by atoms with Crippen LogP contribution in [-0.4, -0.2) is 17.5 Å². The molecule has 0 aromatic carbocycles. The number of carbonyl (C=O) groups excluding carboxylic acids is 2. The van der Waals surface area contributed by atoms with Crippen molar-refractivity contribution in [1.82, 2.24) is 0 Å². The van der Waals surface area contributed by atoms with Gasteiger partial charge in [0.2, 0.25) is 0 Å². The first-order chi connectivity index (χ1) is 4.34. The SMILES string of the molecule is O.O=CC(=O)c1ccco1. The molecule has 0 aliphatic rings. The van der Waals surface area contributed by atoms with Gasteiger partial charge in [-0.1, -0.05) is 0 Å². The van der Waals surface area contributed by atoms with Crippen LogP contribution < -0.4 is 0 Å². The summed E-state index contributed by atoms with van der Waals surface area (Å²) in [5.74, 6) is -0.537. The van der Waals surface area contributed by atoms with Crippen LogP contribution in [0.25, 0.3) is 0 Å². The lowest BCUT2D eigenvalue weighted by Crippen LogP contribution is -1.96. The molecule has 1 aromatic rings. The van der Waals surface area contributed by atoms with E-state index in [9.17, 15) is 9.59 Å². The summed E-state index contributed by atoms with van der Waals surface area (Å²) in [6, 6.07) is 2.99. The quantitative estimate of drug-likeness (QED) is 0.327. The fourth-order valence-corrected chi connectivity index (χ4v) is 0.477. The minimum Gasteiger partial charge on any atom is -0.461 e. The van der Waals surface area contributed by atoms with Crippen molar-refractivity contribution in [2.75, 3.05) is 0 Å². The zero-order valence-electron chi connectivity index (χ0n) is 5.03. The molecular weight excluding hydrogens is 136 g/mol. The summed E-state index contributed by atoms with van der Waals surface area (Å²) in [7, 11) is 0. The molecule has 1 aromatic heterocycles. The summed E-state index contributed by atoms with van der Waals surface area (Å²) in [5.41, 5.74) is 0. The van der Waals surface area contributed by atoms with Crippen molar-refractivity contribution in [3.8, 4) is 0 Å². The number of carbonyl (C=O) groups is 2. The first-order valence-corrected chi connectivity index (χ1v) is 2.37. The van der Waals surface area contributed by atoms with E-state index in [-0.39, 0.29) is 17.5 Å². The lowest BCUT2D eigenvalue weighted by atomic mass is 10.3. The topological polar surface area (TPSA) is 78.8 Å². The number of ketones is 1. The number of rotatable bonds is 2. The molecule has 0 unspecified atom stereocenters. The Hall–Kier alpha value is -1.42. The third-order valence-electron chi connectivity index (χ3n) is 0.871. The number of furan rings is 1. The molecule has 4 nitrogen and oxygen atoms in total. The van der Waals surface area contributed by atoms with Gasteiger partial charge in [-0.15, -0.1) is 0 Å². The molecule has 2 N–H and O–H groups in total. The normalized spacial score (nSPS) is 8.00. The van der Waals surface area contributed by atoms with Crippen LogP contribution in [0.3, 0.4) is 0 Å². The first kappa shape index (κ1) is 8.58. The van der Waals surface area contributed by atoms with Crippen LogP contribution in [0, 0.1) is 0 Å². The molecule has 0 amide bonds. The monoisotopic (exact) mass is 142 g/mol. The van der Waals surface area contributed by atoms with Gasteiger partial charge in [0.05, 0.1) is 6.26 Å². The fraction of sp³-hybridized carbons (Fsp3) is 0. The van der Waals surface area contributed by atoms with Crippen LogP contribution in [0.1, 0.15) is 10.6 Å². The summed E-state index contributed by atoms with van der Waals surface area (Å²) < 4.78 is 4.61. The molecule has 0 fully saturated rings. The Morgan fingerprint density at radius 2 is 2.30 bits per heavy atom. The Morgan fingerprint density at radius 1 is 1.60 bits per heavy atom. The minimum absolute atomic E-state index is 0. The molecule has 54 valence electrons. The smallest absolute Gasteiger partial charge is 0.260 e. The van der Waals surface area contributed by atoms with Crippen LogP contribution in [0.2, 0.25) is 0 Å². The lowest BCUT2D eigenvalue weighted by Gasteiger charge is -1.79. The van der Waals surface area contributed by atoms with Crippen molar-refractivity contribution < 1.29 is 19.5 Å². The number of Topliss-reactive ketones (excluding diaryl/α,β-unsaturated/α-hetero) is 1. The Balaban J connectivity index is 0.000000810. The van der Waals surface area contributed by atoms with Crippen LogP contribution in [0.15, 0.2) is 22.8 Å². The third-order valence-corrected chi connectivity index (χ3v) is 0.871. The molecule has 0 saturated heterocycles. The predicted octanol–water partition coefficient (Wildman–Crippen LogP) is -0.163. The van der Waals surface area contributed by atoms with Gasteiger partial charge in [0.1, 0.15) is 0 Å². The molecule has 0 bridgehead atoms. The molecule has 0 radical (unpaired) electrons.